The monoisotopic (exact) mass is 624 g/mol. The molecular weight excluding hydrogens is 587 g/mol. The maximum absolute atomic E-state index is 13.0. The van der Waals surface area contributed by atoms with Crippen LogP contribution in [0.1, 0.15) is 61.6 Å². The zero-order valence-corrected chi connectivity index (χ0v) is 24.8. The van der Waals surface area contributed by atoms with E-state index < -0.39 is 18.5 Å². The molecule has 3 aromatic rings. The van der Waals surface area contributed by atoms with Crippen molar-refractivity contribution in [3.05, 3.63) is 83.4 Å². The summed E-state index contributed by atoms with van der Waals surface area (Å²) < 4.78 is 74.7. The number of benzene rings is 3. The average molecular weight is 625 g/mol. The van der Waals surface area contributed by atoms with Crippen LogP contribution in [0.4, 0.5) is 22.0 Å². The van der Waals surface area contributed by atoms with Gasteiger partial charge in [0.25, 0.3) is 0 Å². The molecule has 0 aromatic heterocycles. The molecule has 0 saturated heterocycles. The number of phenolic OH excluding ortho intramolecular Hbond substituents is 2. The molecule has 0 spiro atoms. The summed E-state index contributed by atoms with van der Waals surface area (Å²) in [6.07, 6.45) is -3.65. The minimum absolute atomic E-state index is 0.103. The molecule has 234 valence electrons. The van der Waals surface area contributed by atoms with Crippen LogP contribution in [-0.4, -0.2) is 47.0 Å². The first-order chi connectivity index (χ1) is 20.4. The zero-order chi connectivity index (χ0) is 31.1. The summed E-state index contributed by atoms with van der Waals surface area (Å²) in [7, 11) is 0. The Morgan fingerprint density at radius 2 is 1.56 bits per heavy atom. The number of thioether (sulfide) groups is 1. The van der Waals surface area contributed by atoms with Gasteiger partial charge in [0.2, 0.25) is 0 Å². The summed E-state index contributed by atoms with van der Waals surface area (Å²) in [5.74, 6) is -1.76. The average Bonchev–Trinajstić information content (AvgIpc) is 2.96. The van der Waals surface area contributed by atoms with Crippen molar-refractivity contribution in [2.75, 3.05) is 24.7 Å². The van der Waals surface area contributed by atoms with E-state index in [2.05, 4.69) is 6.92 Å². The molecule has 10 heteroatoms. The third-order valence-corrected chi connectivity index (χ3v) is 9.13. The number of hydrogen-bond acceptors (Lipinski definition) is 5. The molecule has 4 nitrogen and oxygen atoms in total. The van der Waals surface area contributed by atoms with Crippen molar-refractivity contribution < 1.29 is 41.6 Å². The van der Waals surface area contributed by atoms with Gasteiger partial charge in [-0.1, -0.05) is 37.3 Å². The first-order valence-electron chi connectivity index (χ1n) is 14.4. The van der Waals surface area contributed by atoms with E-state index >= 15 is 0 Å². The van der Waals surface area contributed by atoms with E-state index in [1.807, 2.05) is 42.5 Å². The van der Waals surface area contributed by atoms with Gasteiger partial charge in [-0.05, 0) is 90.6 Å². The lowest BCUT2D eigenvalue weighted by Crippen LogP contribution is -2.40. The molecule has 0 amide bonds. The highest BCUT2D eigenvalue weighted by Crippen LogP contribution is 2.49. The van der Waals surface area contributed by atoms with E-state index in [4.69, 9.17) is 9.47 Å². The topological polar surface area (TPSA) is 58.9 Å². The van der Waals surface area contributed by atoms with E-state index in [0.717, 1.165) is 48.1 Å². The minimum atomic E-state index is -5.48. The predicted octanol–water partition coefficient (Wildman–Crippen LogP) is 9.03. The number of alkyl halides is 5. The van der Waals surface area contributed by atoms with Gasteiger partial charge in [-0.25, -0.2) is 0 Å². The predicted molar refractivity (Wildman–Crippen MR) is 159 cm³/mol. The third-order valence-electron chi connectivity index (χ3n) is 7.97. The van der Waals surface area contributed by atoms with Gasteiger partial charge in [-0.3, -0.25) is 0 Å². The Bertz CT molecular complexity index is 1310. The van der Waals surface area contributed by atoms with Gasteiger partial charge in [0.15, 0.2) is 0 Å². The highest BCUT2D eigenvalue weighted by atomic mass is 32.2. The number of halogens is 5. The Labute approximate surface area is 253 Å². The van der Waals surface area contributed by atoms with Crippen molar-refractivity contribution in [1.82, 2.24) is 0 Å². The Kier molecular flexibility index (Phi) is 10.7. The van der Waals surface area contributed by atoms with Crippen LogP contribution in [0.3, 0.4) is 0 Å². The summed E-state index contributed by atoms with van der Waals surface area (Å²) in [5, 5.41) is 19.8. The van der Waals surface area contributed by atoms with Crippen LogP contribution in [0.5, 0.6) is 23.0 Å². The molecule has 0 aliphatic carbocycles. The second kappa shape index (κ2) is 14.1. The molecule has 43 heavy (non-hydrogen) atoms. The van der Waals surface area contributed by atoms with Crippen molar-refractivity contribution in [3.63, 3.8) is 0 Å². The van der Waals surface area contributed by atoms with Crippen LogP contribution >= 0.6 is 11.8 Å². The summed E-state index contributed by atoms with van der Waals surface area (Å²) in [4.78, 5) is 0. The van der Waals surface area contributed by atoms with Crippen LogP contribution in [-0.2, 0) is 11.8 Å². The van der Waals surface area contributed by atoms with E-state index in [-0.39, 0.29) is 35.0 Å². The highest BCUT2D eigenvalue weighted by molar-refractivity contribution is 7.99. The maximum Gasteiger partial charge on any atom is 0.453 e. The summed E-state index contributed by atoms with van der Waals surface area (Å²) in [5.41, 5.74) is 2.85. The lowest BCUT2D eigenvalue weighted by molar-refractivity contribution is -0.284. The summed E-state index contributed by atoms with van der Waals surface area (Å²) in [6, 6.07) is 20.2. The molecule has 2 unspecified atom stereocenters. The van der Waals surface area contributed by atoms with E-state index in [9.17, 15) is 32.2 Å². The molecule has 0 radical (unpaired) electrons. The normalized spacial score (nSPS) is 18.6. The van der Waals surface area contributed by atoms with E-state index in [1.54, 1.807) is 24.3 Å². The maximum atomic E-state index is 13.0. The smallest absolute Gasteiger partial charge is 0.453 e. The fraction of sp³-hybridized carbons (Fsp3) is 0.455. The molecule has 1 heterocycles. The van der Waals surface area contributed by atoms with Crippen LogP contribution in [0, 0.1) is 0 Å². The molecular formula is C33H37F5O4S. The van der Waals surface area contributed by atoms with Crippen molar-refractivity contribution >= 4 is 11.8 Å². The number of phenols is 2. The third kappa shape index (κ3) is 8.49. The Balaban J connectivity index is 1.22. The summed E-state index contributed by atoms with van der Waals surface area (Å²) >= 11 is 1.39. The first kappa shape index (κ1) is 32.8. The minimum Gasteiger partial charge on any atom is -0.508 e. The first-order valence-corrected chi connectivity index (χ1v) is 15.5. The number of aryl methyl sites for hydroxylation is 1. The number of aromatic hydroxyl groups is 2. The molecule has 3 aromatic carbocycles. The van der Waals surface area contributed by atoms with Crippen molar-refractivity contribution in [3.8, 4) is 23.0 Å². The number of ether oxygens (including phenoxy) is 2. The lowest BCUT2D eigenvalue weighted by atomic mass is 9.66. The Morgan fingerprint density at radius 1 is 0.884 bits per heavy atom. The Morgan fingerprint density at radius 3 is 2.26 bits per heavy atom. The molecule has 1 aliphatic heterocycles. The molecule has 4 rings (SSSR count). The van der Waals surface area contributed by atoms with Gasteiger partial charge < -0.3 is 19.7 Å². The molecule has 2 atom stereocenters. The SMILES string of the molecule is CC1(c2ccc(O)cc2)COc2cc(O)ccc2C1CCCOc1ccc(CCCSCCCC(F)(F)C(F)(F)F)cc1. The van der Waals surface area contributed by atoms with Crippen molar-refractivity contribution in [1.29, 1.82) is 0 Å². The Hall–Kier alpha value is -3.14. The standard InChI is InChI=1S/C33H37F5O4S/c1-31(24-9-11-25(39)12-10-24)22-42-30-21-26(40)13-16-28(30)29(31)6-2-18-41-27-14-7-23(8-15-27)5-3-19-43-20-4-17-32(34,35)33(36,37)38/h7-16,21,29,39-40H,2-6,17-20,22H2,1H3. The van der Waals surface area contributed by atoms with Crippen LogP contribution in [0.2, 0.25) is 0 Å². The zero-order valence-electron chi connectivity index (χ0n) is 24.0. The number of fused-ring (bicyclic) bond motifs is 1. The van der Waals surface area contributed by atoms with Crippen molar-refractivity contribution in [2.45, 2.75) is 68.9 Å². The van der Waals surface area contributed by atoms with Gasteiger partial charge in [0.05, 0.1) is 13.2 Å². The number of rotatable bonds is 14. The second-order valence-electron chi connectivity index (χ2n) is 11.2. The van der Waals surface area contributed by atoms with Crippen LogP contribution < -0.4 is 9.47 Å². The fourth-order valence-electron chi connectivity index (χ4n) is 5.46. The van der Waals surface area contributed by atoms with Crippen LogP contribution in [0.15, 0.2) is 66.7 Å². The van der Waals surface area contributed by atoms with Gasteiger partial charge in [-0.2, -0.15) is 33.7 Å². The van der Waals surface area contributed by atoms with Gasteiger partial charge >= 0.3 is 12.1 Å². The second-order valence-corrected chi connectivity index (χ2v) is 12.4. The molecule has 0 fully saturated rings. The lowest BCUT2D eigenvalue weighted by Gasteiger charge is -2.43. The van der Waals surface area contributed by atoms with E-state index in [1.165, 1.54) is 11.8 Å². The van der Waals surface area contributed by atoms with E-state index in [0.29, 0.717) is 24.7 Å². The number of hydrogen-bond donors (Lipinski definition) is 2. The van der Waals surface area contributed by atoms with Crippen LogP contribution in [0.25, 0.3) is 0 Å². The molecule has 0 bridgehead atoms. The summed E-state index contributed by atoms with van der Waals surface area (Å²) in [6.45, 7) is 3.11. The molecule has 2 N–H and O–H groups in total. The molecule has 1 aliphatic rings. The van der Waals surface area contributed by atoms with Crippen molar-refractivity contribution in [2.24, 2.45) is 0 Å². The fourth-order valence-corrected chi connectivity index (χ4v) is 6.36. The highest BCUT2D eigenvalue weighted by Gasteiger charge is 2.56. The van der Waals surface area contributed by atoms with Gasteiger partial charge in [0, 0.05) is 23.8 Å². The molecule has 0 saturated carbocycles. The van der Waals surface area contributed by atoms with Gasteiger partial charge in [0.1, 0.15) is 23.0 Å². The largest absolute Gasteiger partial charge is 0.508 e. The quantitative estimate of drug-likeness (QED) is 0.138. The van der Waals surface area contributed by atoms with Gasteiger partial charge in [-0.15, -0.1) is 0 Å².